The van der Waals surface area contributed by atoms with Crippen molar-refractivity contribution in [3.63, 3.8) is 0 Å². The third-order valence-corrected chi connectivity index (χ3v) is 13.2. The second-order valence-electron chi connectivity index (χ2n) is 16.3. The summed E-state index contributed by atoms with van der Waals surface area (Å²) in [5.74, 6) is -0.800. The van der Waals surface area contributed by atoms with E-state index in [2.05, 4.69) is 13.2 Å². The molecule has 0 aliphatic carbocycles. The number of methoxy groups -OCH3 is 1. The molecule has 0 aromatic carbocycles. The van der Waals surface area contributed by atoms with Gasteiger partial charge in [0.2, 0.25) is 0 Å². The Morgan fingerprint density at radius 1 is 0.735 bits per heavy atom. The molecule has 0 saturated carbocycles. The van der Waals surface area contributed by atoms with Gasteiger partial charge in [-0.05, 0) is 68.9 Å². The molecule has 0 aromatic rings. The summed E-state index contributed by atoms with van der Waals surface area (Å²) in [6, 6.07) is 0. The lowest BCUT2D eigenvalue weighted by atomic mass is 9.83. The maximum Gasteiger partial charge on any atom is 0.172 e. The van der Waals surface area contributed by atoms with Crippen molar-refractivity contribution in [2.45, 2.75) is 187 Å². The van der Waals surface area contributed by atoms with Crippen LogP contribution in [0.25, 0.3) is 0 Å². The molecule has 10 aliphatic rings. The average Bonchev–Trinajstić information content (AvgIpc) is 3.76. The normalized spacial score (nSPS) is 52.7. The van der Waals surface area contributed by atoms with Gasteiger partial charge in [-0.15, -0.1) is 0 Å². The van der Waals surface area contributed by atoms with Crippen LogP contribution in [0.3, 0.4) is 0 Å². The van der Waals surface area contributed by atoms with E-state index in [1.165, 1.54) is 0 Å². The first kappa shape index (κ1) is 33.6. The first-order valence-corrected chi connectivity index (χ1v) is 19.1. The molecule has 0 aromatic heterocycles. The van der Waals surface area contributed by atoms with Gasteiger partial charge in [0.1, 0.15) is 36.3 Å². The van der Waals surface area contributed by atoms with Gasteiger partial charge in [0.25, 0.3) is 0 Å². The Kier molecular flexibility index (Phi) is 9.12. The number of ketones is 1. The Hall–Kier alpha value is -1.25. The maximum absolute atomic E-state index is 13.9. The van der Waals surface area contributed by atoms with E-state index < -0.39 is 5.79 Å². The van der Waals surface area contributed by atoms with E-state index in [0.29, 0.717) is 38.5 Å². The van der Waals surface area contributed by atoms with Crippen molar-refractivity contribution in [3.8, 4) is 0 Å². The number of hydrogen-bond donors (Lipinski definition) is 1. The van der Waals surface area contributed by atoms with E-state index in [-0.39, 0.29) is 110 Å². The van der Waals surface area contributed by atoms with E-state index in [9.17, 15) is 9.90 Å². The van der Waals surface area contributed by atoms with Crippen LogP contribution in [-0.2, 0) is 47.4 Å². The van der Waals surface area contributed by atoms with E-state index in [0.717, 1.165) is 62.5 Å². The summed E-state index contributed by atoms with van der Waals surface area (Å²) in [7, 11) is 1.67. The van der Waals surface area contributed by atoms with Crippen LogP contribution in [0.4, 0.5) is 0 Å². The molecule has 17 atom stereocenters. The van der Waals surface area contributed by atoms with Crippen LogP contribution in [0, 0.1) is 5.92 Å². The molecule has 0 radical (unpaired) electrons. The summed E-state index contributed by atoms with van der Waals surface area (Å²) >= 11 is 0. The number of carbonyl (C=O) groups is 1. The van der Waals surface area contributed by atoms with Crippen LogP contribution < -0.4 is 0 Å². The van der Waals surface area contributed by atoms with Crippen molar-refractivity contribution >= 4 is 5.78 Å². The molecule has 11 heteroatoms. The third kappa shape index (κ3) is 6.11. The quantitative estimate of drug-likeness (QED) is 0.436. The summed E-state index contributed by atoms with van der Waals surface area (Å²) in [4.78, 5) is 13.9. The average molecular weight is 687 g/mol. The van der Waals surface area contributed by atoms with E-state index in [4.69, 9.17) is 42.6 Å². The Labute approximate surface area is 289 Å². The molecular formula is C38H54O11. The summed E-state index contributed by atoms with van der Waals surface area (Å²) in [6.45, 7) is 8.78. The summed E-state index contributed by atoms with van der Waals surface area (Å²) in [5.41, 5.74) is 2.22. The van der Waals surface area contributed by atoms with Gasteiger partial charge in [-0.25, -0.2) is 0 Å². The Morgan fingerprint density at radius 3 is 2.37 bits per heavy atom. The molecule has 1 N–H and O–H groups in total. The Bertz CT molecular complexity index is 1290. The lowest BCUT2D eigenvalue weighted by Gasteiger charge is -2.47. The van der Waals surface area contributed by atoms with Crippen molar-refractivity contribution in [3.05, 3.63) is 24.3 Å². The highest BCUT2D eigenvalue weighted by Gasteiger charge is 2.68. The van der Waals surface area contributed by atoms with Crippen molar-refractivity contribution in [2.24, 2.45) is 5.92 Å². The van der Waals surface area contributed by atoms with Crippen molar-refractivity contribution < 1.29 is 52.5 Å². The highest BCUT2D eigenvalue weighted by atomic mass is 16.8. The molecule has 12 bridgehead atoms. The highest BCUT2D eigenvalue weighted by Crippen LogP contribution is 2.54. The molecular weight excluding hydrogens is 632 g/mol. The molecule has 0 amide bonds. The summed E-state index contributed by atoms with van der Waals surface area (Å²) in [5, 5.41) is 9.83. The van der Waals surface area contributed by atoms with Crippen LogP contribution in [0.15, 0.2) is 24.3 Å². The van der Waals surface area contributed by atoms with Crippen LogP contribution in [0.1, 0.15) is 89.9 Å². The SMILES string of the molecule is C=C1CCC2CC[C@@H]3OC(CC[C@@]45CC6OC7C(O4)[C@H]4OC(CCC4O[C@H]7C6O5)CC(=O)CC4C(CC1O2)OC(CCO)[C@@H]4OC)CC3=C. The van der Waals surface area contributed by atoms with E-state index >= 15 is 0 Å². The van der Waals surface area contributed by atoms with E-state index in [1.54, 1.807) is 7.11 Å². The number of ether oxygens (including phenoxy) is 9. The second-order valence-corrected chi connectivity index (χ2v) is 16.3. The van der Waals surface area contributed by atoms with Crippen LogP contribution in [-0.4, -0.2) is 122 Å². The number of aliphatic hydroxyl groups is 1. The molecule has 10 aliphatic heterocycles. The molecule has 49 heavy (non-hydrogen) atoms. The van der Waals surface area contributed by atoms with Gasteiger partial charge in [-0.1, -0.05) is 13.2 Å². The van der Waals surface area contributed by atoms with Gasteiger partial charge in [-0.3, -0.25) is 4.79 Å². The number of aliphatic hydroxyl groups excluding tert-OH is 1. The predicted molar refractivity (Wildman–Crippen MR) is 174 cm³/mol. The van der Waals surface area contributed by atoms with Gasteiger partial charge in [-0.2, -0.15) is 0 Å². The molecule has 10 fully saturated rings. The number of Topliss-reactive ketones (excluding diaryl/α,β-unsaturated/α-hetero) is 1. The van der Waals surface area contributed by atoms with Gasteiger partial charge >= 0.3 is 0 Å². The Morgan fingerprint density at radius 2 is 1.51 bits per heavy atom. The number of fused-ring (bicyclic) bond motifs is 6. The molecule has 11 nitrogen and oxygen atoms in total. The van der Waals surface area contributed by atoms with Crippen molar-refractivity contribution in [1.29, 1.82) is 0 Å². The first-order valence-electron chi connectivity index (χ1n) is 19.1. The molecule has 1 spiro atoms. The van der Waals surface area contributed by atoms with Gasteiger partial charge < -0.3 is 47.7 Å². The zero-order chi connectivity index (χ0) is 33.4. The molecule has 272 valence electrons. The smallest absolute Gasteiger partial charge is 0.172 e. The third-order valence-electron chi connectivity index (χ3n) is 13.2. The van der Waals surface area contributed by atoms with E-state index in [1.807, 2.05) is 0 Å². The molecule has 10 rings (SSSR count). The topological polar surface area (TPSA) is 120 Å². The van der Waals surface area contributed by atoms with Gasteiger partial charge in [0.15, 0.2) is 5.79 Å². The first-order chi connectivity index (χ1) is 23.8. The second kappa shape index (κ2) is 13.3. The predicted octanol–water partition coefficient (Wildman–Crippen LogP) is 3.86. The fourth-order valence-electron chi connectivity index (χ4n) is 10.8. The monoisotopic (exact) mass is 686 g/mol. The van der Waals surface area contributed by atoms with Crippen molar-refractivity contribution in [2.75, 3.05) is 13.7 Å². The van der Waals surface area contributed by atoms with Crippen molar-refractivity contribution in [1.82, 2.24) is 0 Å². The molecule has 10 saturated heterocycles. The zero-order valence-corrected chi connectivity index (χ0v) is 28.8. The largest absolute Gasteiger partial charge is 0.396 e. The van der Waals surface area contributed by atoms with Gasteiger partial charge in [0, 0.05) is 51.7 Å². The number of carbonyl (C=O) groups excluding carboxylic acids is 1. The Balaban J connectivity index is 0.987. The van der Waals surface area contributed by atoms with Gasteiger partial charge in [0.05, 0.1) is 61.0 Å². The maximum atomic E-state index is 13.9. The summed E-state index contributed by atoms with van der Waals surface area (Å²) in [6.07, 6.45) is 7.37. The zero-order valence-electron chi connectivity index (χ0n) is 28.8. The minimum absolute atomic E-state index is 0.00665. The minimum Gasteiger partial charge on any atom is -0.396 e. The lowest BCUT2D eigenvalue weighted by Crippen LogP contribution is -2.61. The number of hydrogen-bond acceptors (Lipinski definition) is 11. The fraction of sp³-hybridized carbons (Fsp3) is 0.868. The standard InChI is InChI=1S/C38H54O11/c1-19-4-5-22-6-8-26-20(2)14-24(43-26)10-12-38-18-31-34(48-38)35-36(47-31)37(49-38)33-27(46-35)9-7-23(44-33)15-21(40)16-25-30(17-29(19)42-22)45-28(11-13-39)32(25)41-3/h22-37,39H,1-2,4-18H2,3H3/t22?,23?,24?,25?,26-,27?,28?,29?,30?,31?,32+,33-,34?,35-,36?,37?,38-/m0/s1. The minimum atomic E-state index is -0.765. The lowest BCUT2D eigenvalue weighted by molar-refractivity contribution is -0.292. The van der Waals surface area contributed by atoms with Crippen LogP contribution in [0.5, 0.6) is 0 Å². The summed E-state index contributed by atoms with van der Waals surface area (Å²) < 4.78 is 59.6. The molecule has 12 unspecified atom stereocenters. The fourth-order valence-corrected chi connectivity index (χ4v) is 10.8. The van der Waals surface area contributed by atoms with Crippen LogP contribution in [0.2, 0.25) is 0 Å². The van der Waals surface area contributed by atoms with Crippen LogP contribution >= 0.6 is 0 Å². The highest BCUT2D eigenvalue weighted by molar-refractivity contribution is 5.79. The number of rotatable bonds is 3. The molecule has 10 heterocycles.